The smallest absolute Gasteiger partial charge is 0.343 e. The molecule has 1 fully saturated rings. The van der Waals surface area contributed by atoms with Gasteiger partial charge in [-0.15, -0.1) is 0 Å². The molecule has 0 spiro atoms. The summed E-state index contributed by atoms with van der Waals surface area (Å²) >= 11 is 0. The maximum atomic E-state index is 12.5. The normalized spacial score (nSPS) is 18.9. The molecule has 1 saturated carbocycles. The van der Waals surface area contributed by atoms with Gasteiger partial charge in [0.2, 0.25) is 0 Å². The molecule has 0 N–H and O–H groups in total. The van der Waals surface area contributed by atoms with Gasteiger partial charge < -0.3 is 4.74 Å². The van der Waals surface area contributed by atoms with Gasteiger partial charge in [0.05, 0.1) is 5.56 Å². The lowest BCUT2D eigenvalue weighted by atomic mass is 9.78. The molecule has 0 amide bonds. The number of unbranched alkanes of at least 4 members (excludes halogenated alkanes) is 4. The maximum Gasteiger partial charge on any atom is 0.343 e. The Kier molecular flexibility index (Phi) is 8.99. The molecule has 0 saturated heterocycles. The Morgan fingerprint density at radius 3 is 2.13 bits per heavy atom. The fourth-order valence-electron chi connectivity index (χ4n) is 4.62. The van der Waals surface area contributed by atoms with Crippen LogP contribution in [0.3, 0.4) is 0 Å². The van der Waals surface area contributed by atoms with Crippen LogP contribution in [0.5, 0.6) is 5.75 Å². The molecular weight excluding hydrogens is 368 g/mol. The molecule has 1 aliphatic rings. The molecule has 0 atom stereocenters. The summed E-state index contributed by atoms with van der Waals surface area (Å²) in [5.41, 5.74) is 3.30. The molecule has 2 heteroatoms. The summed E-state index contributed by atoms with van der Waals surface area (Å²) < 4.78 is 5.59. The predicted molar refractivity (Wildman–Crippen MR) is 125 cm³/mol. The highest BCUT2D eigenvalue weighted by Crippen LogP contribution is 2.36. The van der Waals surface area contributed by atoms with E-state index in [4.69, 9.17) is 4.74 Å². The lowest BCUT2D eigenvalue weighted by Crippen LogP contribution is -2.13. The van der Waals surface area contributed by atoms with Gasteiger partial charge in [-0.25, -0.2) is 4.79 Å². The number of carbonyl (C=O) groups excluding carboxylic acids is 1. The van der Waals surface area contributed by atoms with E-state index >= 15 is 0 Å². The number of carbonyl (C=O) groups is 1. The highest BCUT2D eigenvalue weighted by molar-refractivity contribution is 5.91. The average Bonchev–Trinajstić information content (AvgIpc) is 2.80. The van der Waals surface area contributed by atoms with Crippen molar-refractivity contribution in [2.75, 3.05) is 0 Å². The van der Waals surface area contributed by atoms with E-state index in [9.17, 15) is 4.79 Å². The first-order valence-electron chi connectivity index (χ1n) is 12.1. The highest BCUT2D eigenvalue weighted by atomic mass is 16.5. The van der Waals surface area contributed by atoms with Crippen LogP contribution in [0, 0.1) is 5.92 Å². The molecule has 2 aromatic carbocycles. The topological polar surface area (TPSA) is 26.3 Å². The Bertz CT molecular complexity index is 752. The third-order valence-electron chi connectivity index (χ3n) is 6.74. The zero-order chi connectivity index (χ0) is 21.2. The Morgan fingerprint density at radius 1 is 0.833 bits per heavy atom. The van der Waals surface area contributed by atoms with Crippen molar-refractivity contribution in [2.45, 2.75) is 90.4 Å². The van der Waals surface area contributed by atoms with Crippen LogP contribution in [-0.4, -0.2) is 5.97 Å². The van der Waals surface area contributed by atoms with Crippen LogP contribution < -0.4 is 4.74 Å². The zero-order valence-electron chi connectivity index (χ0n) is 18.9. The lowest BCUT2D eigenvalue weighted by Gasteiger charge is -2.28. The van der Waals surface area contributed by atoms with Gasteiger partial charge in [0.25, 0.3) is 0 Å². The number of hydrogen-bond acceptors (Lipinski definition) is 2. The molecule has 0 radical (unpaired) electrons. The van der Waals surface area contributed by atoms with Crippen LogP contribution in [0.1, 0.15) is 105 Å². The van der Waals surface area contributed by atoms with Crippen molar-refractivity contribution in [3.8, 4) is 5.75 Å². The number of rotatable bonds is 10. The minimum absolute atomic E-state index is 0.274. The van der Waals surface area contributed by atoms with Gasteiger partial charge in [-0.1, -0.05) is 70.2 Å². The van der Waals surface area contributed by atoms with E-state index in [-0.39, 0.29) is 5.97 Å². The molecular formula is C28H38O2. The Morgan fingerprint density at radius 2 is 1.50 bits per heavy atom. The fourth-order valence-corrected chi connectivity index (χ4v) is 4.62. The van der Waals surface area contributed by atoms with E-state index in [1.807, 2.05) is 24.3 Å². The van der Waals surface area contributed by atoms with Crippen LogP contribution in [0.15, 0.2) is 48.5 Å². The van der Waals surface area contributed by atoms with Crippen molar-refractivity contribution in [2.24, 2.45) is 5.92 Å². The minimum Gasteiger partial charge on any atom is -0.423 e. The van der Waals surface area contributed by atoms with Gasteiger partial charge in [0, 0.05) is 0 Å². The van der Waals surface area contributed by atoms with E-state index in [1.165, 1.54) is 75.3 Å². The Balaban J connectivity index is 1.47. The molecule has 0 unspecified atom stereocenters. The molecule has 30 heavy (non-hydrogen) atoms. The Hall–Kier alpha value is -2.09. The van der Waals surface area contributed by atoms with Crippen LogP contribution in [0.2, 0.25) is 0 Å². The first-order valence-corrected chi connectivity index (χ1v) is 12.1. The van der Waals surface area contributed by atoms with Crippen LogP contribution in [0.4, 0.5) is 0 Å². The summed E-state index contributed by atoms with van der Waals surface area (Å²) in [6.45, 7) is 4.54. The summed E-state index contributed by atoms with van der Waals surface area (Å²) in [4.78, 5) is 12.5. The van der Waals surface area contributed by atoms with Gasteiger partial charge in [-0.2, -0.15) is 0 Å². The SMILES string of the molecule is CCCCCCCc1ccc(OC(=O)c2ccc(C3CCC(CC)CC3)cc2)cc1. The van der Waals surface area contributed by atoms with Gasteiger partial charge in [0.15, 0.2) is 0 Å². The van der Waals surface area contributed by atoms with Gasteiger partial charge in [0.1, 0.15) is 5.75 Å². The number of ether oxygens (including phenoxy) is 1. The average molecular weight is 407 g/mol. The summed E-state index contributed by atoms with van der Waals surface area (Å²) in [7, 11) is 0. The van der Waals surface area contributed by atoms with E-state index < -0.39 is 0 Å². The van der Waals surface area contributed by atoms with Crippen molar-refractivity contribution in [3.05, 3.63) is 65.2 Å². The monoisotopic (exact) mass is 406 g/mol. The second kappa shape index (κ2) is 11.9. The predicted octanol–water partition coefficient (Wildman–Crippen LogP) is 8.10. The fraction of sp³-hybridized carbons (Fsp3) is 0.536. The first kappa shape index (κ1) is 22.6. The first-order chi connectivity index (χ1) is 14.7. The second-order valence-corrected chi connectivity index (χ2v) is 8.95. The van der Waals surface area contributed by atoms with E-state index in [1.54, 1.807) is 0 Å². The Labute approximate surface area is 183 Å². The lowest BCUT2D eigenvalue weighted by molar-refractivity contribution is 0.0734. The third kappa shape index (κ3) is 6.72. The largest absolute Gasteiger partial charge is 0.423 e. The molecule has 162 valence electrons. The molecule has 1 aliphatic carbocycles. The highest BCUT2D eigenvalue weighted by Gasteiger charge is 2.21. The van der Waals surface area contributed by atoms with Crippen molar-refractivity contribution in [1.82, 2.24) is 0 Å². The second-order valence-electron chi connectivity index (χ2n) is 8.95. The van der Waals surface area contributed by atoms with Crippen LogP contribution >= 0.6 is 0 Å². The summed E-state index contributed by atoms with van der Waals surface area (Å²) in [6, 6.07) is 16.1. The molecule has 2 aromatic rings. The van der Waals surface area contributed by atoms with E-state index in [2.05, 4.69) is 38.1 Å². The number of esters is 1. The van der Waals surface area contributed by atoms with Crippen molar-refractivity contribution in [3.63, 3.8) is 0 Å². The van der Waals surface area contributed by atoms with Crippen LogP contribution in [-0.2, 0) is 6.42 Å². The molecule has 0 heterocycles. The van der Waals surface area contributed by atoms with Crippen molar-refractivity contribution >= 4 is 5.97 Å². The van der Waals surface area contributed by atoms with E-state index in [0.29, 0.717) is 17.2 Å². The molecule has 0 bridgehead atoms. The number of aryl methyl sites for hydroxylation is 1. The van der Waals surface area contributed by atoms with Crippen LogP contribution in [0.25, 0.3) is 0 Å². The van der Waals surface area contributed by atoms with Crippen molar-refractivity contribution < 1.29 is 9.53 Å². The van der Waals surface area contributed by atoms with Crippen molar-refractivity contribution in [1.29, 1.82) is 0 Å². The minimum atomic E-state index is -0.274. The third-order valence-corrected chi connectivity index (χ3v) is 6.74. The maximum absolute atomic E-state index is 12.5. The summed E-state index contributed by atoms with van der Waals surface area (Å²) in [5.74, 6) is 1.90. The summed E-state index contributed by atoms with van der Waals surface area (Å²) in [6.07, 6.45) is 14.1. The van der Waals surface area contributed by atoms with E-state index in [0.717, 1.165) is 12.3 Å². The zero-order valence-corrected chi connectivity index (χ0v) is 18.9. The standard InChI is InChI=1S/C28H38O2/c1-3-5-6-7-8-9-23-12-20-27(21-13-23)30-28(29)26-18-16-25(17-19-26)24-14-10-22(4-2)11-15-24/h12-13,16-22,24H,3-11,14-15H2,1-2H3. The number of hydrogen-bond donors (Lipinski definition) is 0. The molecule has 0 aromatic heterocycles. The number of benzene rings is 2. The quantitative estimate of drug-likeness (QED) is 0.226. The van der Waals surface area contributed by atoms with Gasteiger partial charge in [-0.3, -0.25) is 0 Å². The molecule has 2 nitrogen and oxygen atoms in total. The molecule has 3 rings (SSSR count). The van der Waals surface area contributed by atoms with Gasteiger partial charge in [-0.05, 0) is 85.8 Å². The molecule has 0 aliphatic heterocycles. The van der Waals surface area contributed by atoms with Gasteiger partial charge >= 0.3 is 5.97 Å². The summed E-state index contributed by atoms with van der Waals surface area (Å²) in [5, 5.41) is 0.